The van der Waals surface area contributed by atoms with Crippen LogP contribution in [-0.2, 0) is 4.79 Å². The van der Waals surface area contributed by atoms with Gasteiger partial charge in [-0.05, 0) is 42.0 Å². The van der Waals surface area contributed by atoms with Crippen molar-refractivity contribution in [3.8, 4) is 0 Å². The summed E-state index contributed by atoms with van der Waals surface area (Å²) < 4.78 is 55.4. The second-order valence-corrected chi connectivity index (χ2v) is 9.92. The van der Waals surface area contributed by atoms with E-state index in [-0.39, 0.29) is 29.7 Å². The third-order valence-corrected chi connectivity index (χ3v) is 7.35. The summed E-state index contributed by atoms with van der Waals surface area (Å²) in [6.45, 7) is 0.307. The molecule has 3 heterocycles. The van der Waals surface area contributed by atoms with Crippen molar-refractivity contribution in [1.29, 1.82) is 0 Å². The standard InChI is InChI=1S/C22H16F4N6O2S2/c23-13-2-4-14(5-3-13)28-20(34)30-21-29-15-6-1-11(7-16(15)36-21)17(22(24,25)26)19(33)32-8-12(9-32)18-31-27-10-35-18/h1-7,10,12,17H,8-9H2,(H2,28,29,30,34). The Hall–Kier alpha value is -3.65. The SMILES string of the molecule is O=C(Nc1ccc(F)cc1)Nc1nc2ccc(C(C(=O)N3CC(c4nncs4)C3)C(F)(F)F)cc2s1. The fraction of sp³-hybridized carbons (Fsp3) is 0.227. The van der Waals surface area contributed by atoms with Crippen molar-refractivity contribution in [2.24, 2.45) is 0 Å². The Labute approximate surface area is 209 Å². The van der Waals surface area contributed by atoms with Crippen molar-refractivity contribution in [3.63, 3.8) is 0 Å². The van der Waals surface area contributed by atoms with Gasteiger partial charge in [0.2, 0.25) is 5.91 Å². The zero-order valence-electron chi connectivity index (χ0n) is 18.1. The van der Waals surface area contributed by atoms with Crippen LogP contribution in [0.5, 0.6) is 0 Å². The molecule has 1 aliphatic rings. The maximum absolute atomic E-state index is 14.0. The Morgan fingerprint density at radius 3 is 2.50 bits per heavy atom. The predicted octanol–water partition coefficient (Wildman–Crippen LogP) is 5.20. The first-order valence-corrected chi connectivity index (χ1v) is 12.2. The van der Waals surface area contributed by atoms with Crippen molar-refractivity contribution in [1.82, 2.24) is 20.1 Å². The Balaban J connectivity index is 1.31. The summed E-state index contributed by atoms with van der Waals surface area (Å²) in [6.07, 6.45) is -4.79. The third-order valence-electron chi connectivity index (χ3n) is 5.56. The minimum absolute atomic E-state index is 0.117. The molecule has 2 N–H and O–H groups in total. The number of fused-ring (bicyclic) bond motifs is 1. The Morgan fingerprint density at radius 1 is 1.08 bits per heavy atom. The van der Waals surface area contributed by atoms with Crippen LogP contribution < -0.4 is 10.6 Å². The molecule has 14 heteroatoms. The van der Waals surface area contributed by atoms with E-state index < -0.39 is 29.8 Å². The molecule has 4 aromatic rings. The van der Waals surface area contributed by atoms with E-state index in [0.717, 1.165) is 11.3 Å². The Kier molecular flexibility index (Phi) is 6.30. The maximum atomic E-state index is 14.0. The molecule has 8 nitrogen and oxygen atoms in total. The number of anilines is 2. The number of rotatable bonds is 5. The van der Waals surface area contributed by atoms with Gasteiger partial charge in [0.1, 0.15) is 16.3 Å². The van der Waals surface area contributed by atoms with Gasteiger partial charge in [0, 0.05) is 24.7 Å². The molecule has 36 heavy (non-hydrogen) atoms. The molecule has 0 spiro atoms. The van der Waals surface area contributed by atoms with Crippen molar-refractivity contribution in [2.45, 2.75) is 18.0 Å². The summed E-state index contributed by atoms with van der Waals surface area (Å²) in [5, 5.41) is 13.5. The molecule has 2 aromatic carbocycles. The second-order valence-electron chi connectivity index (χ2n) is 8.02. The molecule has 1 unspecified atom stereocenters. The number of nitrogens with one attached hydrogen (secondary N) is 2. The van der Waals surface area contributed by atoms with Crippen LogP contribution in [-0.4, -0.2) is 51.3 Å². The quantitative estimate of drug-likeness (QED) is 0.342. The summed E-state index contributed by atoms with van der Waals surface area (Å²) >= 11 is 2.27. The molecular formula is C22H16F4N6O2S2. The van der Waals surface area contributed by atoms with E-state index in [9.17, 15) is 27.2 Å². The first kappa shape index (κ1) is 24.1. The fourth-order valence-corrected chi connectivity index (χ4v) is 5.34. The molecule has 0 radical (unpaired) electrons. The minimum Gasteiger partial charge on any atom is -0.340 e. The molecule has 1 saturated heterocycles. The van der Waals surface area contributed by atoms with Crippen LogP contribution in [0.15, 0.2) is 48.0 Å². The number of benzene rings is 2. The molecule has 186 valence electrons. The predicted molar refractivity (Wildman–Crippen MR) is 127 cm³/mol. The lowest BCUT2D eigenvalue weighted by molar-refractivity contribution is -0.175. The highest BCUT2D eigenvalue weighted by Gasteiger charge is 2.50. The number of halogens is 4. The lowest BCUT2D eigenvalue weighted by Crippen LogP contribution is -2.52. The van der Waals surface area contributed by atoms with Gasteiger partial charge in [-0.2, -0.15) is 13.2 Å². The van der Waals surface area contributed by atoms with Gasteiger partial charge in [-0.25, -0.2) is 14.2 Å². The van der Waals surface area contributed by atoms with Gasteiger partial charge in [0.15, 0.2) is 11.0 Å². The number of carbonyl (C=O) groups is 2. The van der Waals surface area contributed by atoms with Gasteiger partial charge in [-0.15, -0.1) is 21.5 Å². The Bertz CT molecular complexity index is 1400. The fourth-order valence-electron chi connectivity index (χ4n) is 3.80. The van der Waals surface area contributed by atoms with Crippen LogP contribution in [0.25, 0.3) is 10.2 Å². The number of hydrogen-bond donors (Lipinski definition) is 2. The van der Waals surface area contributed by atoms with Crippen LogP contribution in [0.1, 0.15) is 22.4 Å². The van der Waals surface area contributed by atoms with Crippen molar-refractivity contribution in [3.05, 3.63) is 64.4 Å². The number of likely N-dealkylation sites (tertiary alicyclic amines) is 1. The van der Waals surface area contributed by atoms with E-state index in [4.69, 9.17) is 0 Å². The van der Waals surface area contributed by atoms with Crippen LogP contribution in [0.4, 0.5) is 33.2 Å². The topological polar surface area (TPSA) is 100 Å². The summed E-state index contributed by atoms with van der Waals surface area (Å²) in [5.74, 6) is -3.92. The lowest BCUT2D eigenvalue weighted by atomic mass is 9.92. The summed E-state index contributed by atoms with van der Waals surface area (Å²) in [5.41, 5.74) is 2.06. The first-order chi connectivity index (χ1) is 17.2. The van der Waals surface area contributed by atoms with E-state index in [0.29, 0.717) is 20.9 Å². The van der Waals surface area contributed by atoms with E-state index >= 15 is 0 Å². The number of thiazole rings is 1. The highest BCUT2D eigenvalue weighted by Crippen LogP contribution is 2.41. The largest absolute Gasteiger partial charge is 0.404 e. The molecule has 0 saturated carbocycles. The zero-order chi connectivity index (χ0) is 25.4. The number of nitrogens with zero attached hydrogens (tertiary/aromatic N) is 4. The summed E-state index contributed by atoms with van der Waals surface area (Å²) in [4.78, 5) is 30.4. The average Bonchev–Trinajstić information content (AvgIpc) is 3.43. The van der Waals surface area contributed by atoms with Gasteiger partial charge >= 0.3 is 12.2 Å². The third kappa shape index (κ3) is 4.99. The van der Waals surface area contributed by atoms with Crippen molar-refractivity contribution in [2.75, 3.05) is 23.7 Å². The molecule has 5 rings (SSSR count). The van der Waals surface area contributed by atoms with Crippen LogP contribution in [0, 0.1) is 5.82 Å². The number of carbonyl (C=O) groups excluding carboxylic acids is 2. The zero-order valence-corrected chi connectivity index (χ0v) is 19.8. The highest BCUT2D eigenvalue weighted by atomic mass is 32.1. The smallest absolute Gasteiger partial charge is 0.340 e. The minimum atomic E-state index is -4.79. The van der Waals surface area contributed by atoms with Crippen LogP contribution >= 0.6 is 22.7 Å². The number of amides is 3. The monoisotopic (exact) mass is 536 g/mol. The van der Waals surface area contributed by atoms with Gasteiger partial charge in [0.05, 0.1) is 10.2 Å². The van der Waals surface area contributed by atoms with E-state index in [2.05, 4.69) is 25.8 Å². The first-order valence-electron chi connectivity index (χ1n) is 10.5. The molecule has 1 atom stereocenters. The number of urea groups is 1. The van der Waals surface area contributed by atoms with Crippen molar-refractivity contribution >= 4 is 55.6 Å². The normalized spacial score (nSPS) is 14.9. The number of hydrogen-bond acceptors (Lipinski definition) is 7. The van der Waals surface area contributed by atoms with Gasteiger partial charge in [-0.1, -0.05) is 17.4 Å². The van der Waals surface area contributed by atoms with E-state index in [1.54, 1.807) is 0 Å². The van der Waals surface area contributed by atoms with Gasteiger partial charge in [-0.3, -0.25) is 10.1 Å². The molecule has 1 fully saturated rings. The molecule has 1 aliphatic heterocycles. The van der Waals surface area contributed by atoms with Crippen molar-refractivity contribution < 1.29 is 27.2 Å². The summed E-state index contributed by atoms with van der Waals surface area (Å²) in [6, 6.07) is 8.36. The molecule has 0 bridgehead atoms. The van der Waals surface area contributed by atoms with E-state index in [1.807, 2.05) is 0 Å². The van der Waals surface area contributed by atoms with Crippen LogP contribution in [0.3, 0.4) is 0 Å². The molecule has 2 aromatic heterocycles. The second kappa shape index (κ2) is 9.43. The molecule has 3 amide bonds. The number of alkyl halides is 3. The Morgan fingerprint density at radius 2 is 1.83 bits per heavy atom. The maximum Gasteiger partial charge on any atom is 0.404 e. The number of aromatic nitrogens is 3. The van der Waals surface area contributed by atoms with Crippen LogP contribution in [0.2, 0.25) is 0 Å². The highest BCUT2D eigenvalue weighted by molar-refractivity contribution is 7.22. The molecular weight excluding hydrogens is 520 g/mol. The lowest BCUT2D eigenvalue weighted by Gasteiger charge is -2.40. The molecule has 0 aliphatic carbocycles. The van der Waals surface area contributed by atoms with E-state index in [1.165, 1.54) is 64.2 Å². The van der Waals surface area contributed by atoms with Gasteiger partial charge < -0.3 is 10.2 Å². The summed E-state index contributed by atoms with van der Waals surface area (Å²) in [7, 11) is 0. The van der Waals surface area contributed by atoms with Gasteiger partial charge in [0.25, 0.3) is 0 Å². The average molecular weight is 537 g/mol.